The van der Waals surface area contributed by atoms with Crippen molar-refractivity contribution in [2.45, 2.75) is 47.0 Å². The number of carbonyl (C=O) groups excluding carboxylic acids is 1. The summed E-state index contributed by atoms with van der Waals surface area (Å²) in [6.07, 6.45) is 11.4. The average Bonchev–Trinajstić information content (AvgIpc) is 2.36. The van der Waals surface area contributed by atoms with E-state index in [-0.39, 0.29) is 5.97 Å². The Bertz CT molecular complexity index is 384. The molecule has 0 fully saturated rings. The summed E-state index contributed by atoms with van der Waals surface area (Å²) in [5, 5.41) is 0. The number of esters is 1. The van der Waals surface area contributed by atoms with Gasteiger partial charge in [-0.2, -0.15) is 0 Å². The highest BCUT2D eigenvalue weighted by Gasteiger charge is 1.94. The van der Waals surface area contributed by atoms with Crippen molar-refractivity contribution in [1.29, 1.82) is 0 Å². The minimum atomic E-state index is -0.229. The lowest BCUT2D eigenvalue weighted by Crippen LogP contribution is -2.01. The van der Waals surface area contributed by atoms with E-state index in [0.717, 1.165) is 24.8 Å². The second kappa shape index (κ2) is 10.4. The first kappa shape index (κ1) is 17.4. The summed E-state index contributed by atoms with van der Waals surface area (Å²) in [5.41, 5.74) is 3.69. The quantitative estimate of drug-likeness (QED) is 0.358. The maximum Gasteiger partial charge on any atom is 0.302 e. The number of carbonyl (C=O) groups is 1. The van der Waals surface area contributed by atoms with Crippen LogP contribution in [-0.4, -0.2) is 12.6 Å². The zero-order valence-electron chi connectivity index (χ0n) is 12.7. The molecule has 0 aromatic rings. The molecule has 0 unspecified atom stereocenters. The Labute approximate surface area is 117 Å². The molecule has 0 saturated heterocycles. The molecule has 0 aliphatic carbocycles. The average molecular weight is 262 g/mol. The van der Waals surface area contributed by atoms with Crippen LogP contribution in [0.5, 0.6) is 0 Å². The van der Waals surface area contributed by atoms with Crippen LogP contribution in [0.25, 0.3) is 0 Å². The topological polar surface area (TPSA) is 26.3 Å². The van der Waals surface area contributed by atoms with Crippen molar-refractivity contribution in [3.05, 3.63) is 47.6 Å². The smallest absolute Gasteiger partial charge is 0.302 e. The summed E-state index contributed by atoms with van der Waals surface area (Å²) in [6.45, 7) is 11.7. The van der Waals surface area contributed by atoms with E-state index in [1.165, 1.54) is 18.1 Å². The molecule has 0 aliphatic rings. The van der Waals surface area contributed by atoms with Crippen LogP contribution in [0, 0.1) is 0 Å². The first-order valence-corrected chi connectivity index (χ1v) is 6.69. The molecule has 19 heavy (non-hydrogen) atoms. The van der Waals surface area contributed by atoms with Crippen LogP contribution in [0.3, 0.4) is 0 Å². The van der Waals surface area contributed by atoms with Gasteiger partial charge in [-0.3, -0.25) is 4.79 Å². The van der Waals surface area contributed by atoms with Gasteiger partial charge in [-0.05, 0) is 45.6 Å². The number of allylic oxidation sites excluding steroid dienone is 6. The summed E-state index contributed by atoms with van der Waals surface area (Å²) in [4.78, 5) is 10.7. The number of hydrogen-bond acceptors (Lipinski definition) is 2. The predicted molar refractivity (Wildman–Crippen MR) is 82.0 cm³/mol. The molecule has 0 heterocycles. The van der Waals surface area contributed by atoms with Crippen molar-refractivity contribution >= 4 is 5.97 Å². The van der Waals surface area contributed by atoms with Crippen LogP contribution < -0.4 is 0 Å². The second-order valence-electron chi connectivity index (χ2n) is 4.81. The molecule has 0 saturated carbocycles. The first-order chi connectivity index (χ1) is 8.95. The van der Waals surface area contributed by atoms with Crippen molar-refractivity contribution in [1.82, 2.24) is 0 Å². The van der Waals surface area contributed by atoms with Gasteiger partial charge >= 0.3 is 5.97 Å². The Morgan fingerprint density at radius 1 is 1.05 bits per heavy atom. The monoisotopic (exact) mass is 262 g/mol. The third-order valence-corrected chi connectivity index (χ3v) is 2.76. The third kappa shape index (κ3) is 11.3. The Hall–Kier alpha value is -1.57. The molecule has 0 radical (unpaired) electrons. The van der Waals surface area contributed by atoms with Gasteiger partial charge in [-0.15, -0.1) is 0 Å². The van der Waals surface area contributed by atoms with Crippen LogP contribution in [0.1, 0.15) is 47.0 Å². The van der Waals surface area contributed by atoms with Crippen molar-refractivity contribution in [3.8, 4) is 0 Å². The van der Waals surface area contributed by atoms with Gasteiger partial charge in [-0.1, -0.05) is 42.0 Å². The molecule has 2 nitrogen and oxygen atoms in total. The van der Waals surface area contributed by atoms with E-state index in [2.05, 4.69) is 38.7 Å². The summed E-state index contributed by atoms with van der Waals surface area (Å²) < 4.78 is 4.93. The van der Waals surface area contributed by atoms with Crippen LogP contribution in [0.4, 0.5) is 0 Å². The Kier molecular flexibility index (Phi) is 9.51. The minimum absolute atomic E-state index is 0.229. The molecule has 0 aromatic carbocycles. The number of hydrogen-bond donors (Lipinski definition) is 0. The van der Waals surface area contributed by atoms with Crippen molar-refractivity contribution in [3.63, 3.8) is 0 Å². The standard InChI is InChI=1S/C17H26O2/c1-6-14(2)9-7-10-15(3)11-8-12-16(4)13-19-17(5)18/h6,9-10,12H,1,7-8,11,13H2,2-5H3/b14-9-,15-10+,16-12-. The van der Waals surface area contributed by atoms with Crippen molar-refractivity contribution in [2.24, 2.45) is 0 Å². The summed E-state index contributed by atoms with van der Waals surface area (Å²) in [6, 6.07) is 0. The lowest BCUT2D eigenvalue weighted by Gasteiger charge is -2.02. The van der Waals surface area contributed by atoms with Gasteiger partial charge in [0.25, 0.3) is 0 Å². The van der Waals surface area contributed by atoms with Gasteiger partial charge in [-0.25, -0.2) is 0 Å². The van der Waals surface area contributed by atoms with Crippen LogP contribution in [0.15, 0.2) is 47.6 Å². The zero-order chi connectivity index (χ0) is 14.7. The number of rotatable bonds is 8. The lowest BCUT2D eigenvalue weighted by atomic mass is 10.1. The fourth-order valence-electron chi connectivity index (χ4n) is 1.45. The van der Waals surface area contributed by atoms with Gasteiger partial charge in [0.15, 0.2) is 0 Å². The largest absolute Gasteiger partial charge is 0.461 e. The Morgan fingerprint density at radius 3 is 2.32 bits per heavy atom. The molecule has 0 spiro atoms. The molecule has 0 rings (SSSR count). The Balaban J connectivity index is 3.98. The lowest BCUT2D eigenvalue weighted by molar-refractivity contribution is -0.139. The first-order valence-electron chi connectivity index (χ1n) is 6.69. The minimum Gasteiger partial charge on any atom is -0.461 e. The molecular formula is C17H26O2. The molecule has 0 amide bonds. The van der Waals surface area contributed by atoms with E-state index in [4.69, 9.17) is 4.74 Å². The maximum atomic E-state index is 10.7. The van der Waals surface area contributed by atoms with E-state index in [9.17, 15) is 4.79 Å². The normalized spacial score (nSPS) is 13.4. The molecule has 0 bridgehead atoms. The molecule has 0 aromatic heterocycles. The van der Waals surface area contributed by atoms with Crippen molar-refractivity contribution < 1.29 is 9.53 Å². The Morgan fingerprint density at radius 2 is 1.74 bits per heavy atom. The molecule has 0 atom stereocenters. The molecular weight excluding hydrogens is 236 g/mol. The second-order valence-corrected chi connectivity index (χ2v) is 4.81. The van der Waals surface area contributed by atoms with Crippen LogP contribution in [0.2, 0.25) is 0 Å². The number of ether oxygens (including phenoxy) is 1. The highest BCUT2D eigenvalue weighted by molar-refractivity contribution is 5.66. The van der Waals surface area contributed by atoms with E-state index in [1.54, 1.807) is 0 Å². The van der Waals surface area contributed by atoms with E-state index < -0.39 is 0 Å². The molecule has 0 aliphatic heterocycles. The summed E-state index contributed by atoms with van der Waals surface area (Å²) in [7, 11) is 0. The van der Waals surface area contributed by atoms with Gasteiger partial charge in [0.2, 0.25) is 0 Å². The van der Waals surface area contributed by atoms with Gasteiger partial charge in [0.1, 0.15) is 6.61 Å². The molecule has 106 valence electrons. The van der Waals surface area contributed by atoms with E-state index in [0.29, 0.717) is 6.61 Å². The molecule has 0 N–H and O–H groups in total. The fraction of sp³-hybridized carbons (Fsp3) is 0.471. The van der Waals surface area contributed by atoms with Gasteiger partial charge in [0.05, 0.1) is 0 Å². The van der Waals surface area contributed by atoms with E-state index >= 15 is 0 Å². The van der Waals surface area contributed by atoms with Gasteiger partial charge < -0.3 is 4.74 Å². The fourth-order valence-corrected chi connectivity index (χ4v) is 1.45. The van der Waals surface area contributed by atoms with E-state index in [1.807, 2.05) is 13.0 Å². The molecule has 2 heteroatoms. The van der Waals surface area contributed by atoms with Gasteiger partial charge in [0, 0.05) is 6.92 Å². The third-order valence-electron chi connectivity index (χ3n) is 2.76. The highest BCUT2D eigenvalue weighted by atomic mass is 16.5. The van der Waals surface area contributed by atoms with Crippen LogP contribution >= 0.6 is 0 Å². The SMILES string of the molecule is C=C/C(C)=C\C/C=C(\C)CC/C=C(/C)COC(C)=O. The summed E-state index contributed by atoms with van der Waals surface area (Å²) in [5.74, 6) is -0.229. The zero-order valence-corrected chi connectivity index (χ0v) is 12.7. The summed E-state index contributed by atoms with van der Waals surface area (Å²) >= 11 is 0. The highest BCUT2D eigenvalue weighted by Crippen LogP contribution is 2.09. The predicted octanol–water partition coefficient (Wildman–Crippen LogP) is 4.74. The van der Waals surface area contributed by atoms with Crippen molar-refractivity contribution in [2.75, 3.05) is 6.61 Å². The van der Waals surface area contributed by atoms with Crippen LogP contribution in [-0.2, 0) is 9.53 Å². The maximum absolute atomic E-state index is 10.7.